The lowest BCUT2D eigenvalue weighted by atomic mass is 10.2. The van der Waals surface area contributed by atoms with E-state index < -0.39 is 0 Å². The fraction of sp³-hybridized carbons (Fsp3) is 0.647. The summed E-state index contributed by atoms with van der Waals surface area (Å²) in [4.78, 5) is 21.0. The third kappa shape index (κ3) is 5.32. The topological polar surface area (TPSA) is 84.7 Å². The molecule has 2 aromatic rings. The quantitative estimate of drug-likeness (QED) is 0.498. The molecular formula is C17H28N6OS. The van der Waals surface area contributed by atoms with E-state index in [2.05, 4.69) is 39.5 Å². The van der Waals surface area contributed by atoms with E-state index in [1.807, 2.05) is 18.5 Å². The average Bonchev–Trinajstić information content (AvgIpc) is 3.00. The van der Waals surface area contributed by atoms with Gasteiger partial charge in [-0.1, -0.05) is 39.5 Å². The molecule has 0 aliphatic heterocycles. The van der Waals surface area contributed by atoms with Crippen molar-refractivity contribution in [3.8, 4) is 0 Å². The minimum atomic E-state index is -0.0152. The van der Waals surface area contributed by atoms with Crippen molar-refractivity contribution in [2.45, 2.75) is 52.2 Å². The summed E-state index contributed by atoms with van der Waals surface area (Å²) in [6.45, 7) is 10.0. The monoisotopic (exact) mass is 364 g/mol. The van der Waals surface area contributed by atoms with Gasteiger partial charge in [-0.05, 0) is 12.8 Å². The van der Waals surface area contributed by atoms with Crippen LogP contribution in [0.1, 0.15) is 40.5 Å². The summed E-state index contributed by atoms with van der Waals surface area (Å²) >= 11 is 1.65. The third-order valence-electron chi connectivity index (χ3n) is 3.60. The van der Waals surface area contributed by atoms with Crippen LogP contribution in [0.15, 0.2) is 11.4 Å². The molecule has 0 bridgehead atoms. The molecule has 0 saturated heterocycles. The fourth-order valence-electron chi connectivity index (χ4n) is 2.22. The molecule has 0 aliphatic carbocycles. The number of thioether (sulfide) groups is 1. The number of nitrogens with zero attached hydrogens (tertiary/aromatic N) is 4. The van der Waals surface area contributed by atoms with Gasteiger partial charge in [0, 0.05) is 24.8 Å². The lowest BCUT2D eigenvalue weighted by Gasteiger charge is -2.10. The summed E-state index contributed by atoms with van der Waals surface area (Å²) < 4.78 is 1.84. The van der Waals surface area contributed by atoms with Crippen molar-refractivity contribution in [3.05, 3.63) is 6.20 Å². The normalized spacial score (nSPS) is 11.2. The molecule has 0 atom stereocenters. The lowest BCUT2D eigenvalue weighted by molar-refractivity contribution is -0.124. The minimum absolute atomic E-state index is 0.0152. The van der Waals surface area contributed by atoms with Crippen LogP contribution < -0.4 is 10.6 Å². The van der Waals surface area contributed by atoms with Gasteiger partial charge in [0.15, 0.2) is 10.8 Å². The molecule has 2 N–H and O–H groups in total. The number of fused-ring (bicyclic) bond motifs is 1. The Hall–Kier alpha value is -1.83. The zero-order chi connectivity index (χ0) is 18.2. The predicted molar refractivity (Wildman–Crippen MR) is 103 cm³/mol. The van der Waals surface area contributed by atoms with Crippen molar-refractivity contribution in [1.29, 1.82) is 0 Å². The first kappa shape index (κ1) is 19.5. The van der Waals surface area contributed by atoms with Gasteiger partial charge >= 0.3 is 0 Å². The number of amides is 1. The second-order valence-electron chi connectivity index (χ2n) is 6.18. The molecular weight excluding hydrogens is 336 g/mol. The summed E-state index contributed by atoms with van der Waals surface area (Å²) in [6, 6.07) is 0. The Kier molecular flexibility index (Phi) is 7.49. The van der Waals surface area contributed by atoms with E-state index in [-0.39, 0.29) is 11.8 Å². The molecule has 2 heterocycles. The molecule has 0 aliphatic rings. The lowest BCUT2D eigenvalue weighted by Crippen LogP contribution is -2.30. The predicted octanol–water partition coefficient (Wildman–Crippen LogP) is 2.92. The number of hydrogen-bond donors (Lipinski definition) is 2. The molecule has 0 aromatic carbocycles. The first-order valence-corrected chi connectivity index (χ1v) is 9.93. The molecule has 0 radical (unpaired) electrons. The molecule has 2 rings (SSSR count). The smallest absolute Gasteiger partial charge is 0.222 e. The van der Waals surface area contributed by atoms with Crippen molar-refractivity contribution in [3.63, 3.8) is 0 Å². The number of hydrogen-bond acceptors (Lipinski definition) is 6. The van der Waals surface area contributed by atoms with Gasteiger partial charge in [-0.3, -0.25) is 4.79 Å². The number of carbonyl (C=O) groups excluding carboxylic acids is 1. The molecule has 0 unspecified atom stereocenters. The van der Waals surface area contributed by atoms with E-state index >= 15 is 0 Å². The number of rotatable bonds is 10. The highest BCUT2D eigenvalue weighted by atomic mass is 32.2. The second kappa shape index (κ2) is 9.60. The van der Waals surface area contributed by atoms with Gasteiger partial charge in [-0.15, -0.1) is 0 Å². The Morgan fingerprint density at radius 1 is 1.24 bits per heavy atom. The van der Waals surface area contributed by atoms with Crippen molar-refractivity contribution in [2.75, 3.05) is 24.2 Å². The Bertz CT molecular complexity index is 700. The van der Waals surface area contributed by atoms with Crippen LogP contribution in [-0.2, 0) is 11.3 Å². The zero-order valence-corrected chi connectivity index (χ0v) is 16.3. The molecule has 2 aromatic heterocycles. The van der Waals surface area contributed by atoms with E-state index in [1.54, 1.807) is 18.0 Å². The van der Waals surface area contributed by atoms with Gasteiger partial charge in [0.2, 0.25) is 5.91 Å². The molecule has 8 heteroatoms. The van der Waals surface area contributed by atoms with Gasteiger partial charge in [-0.2, -0.15) is 5.10 Å². The summed E-state index contributed by atoms with van der Waals surface area (Å²) in [6.07, 6.45) is 3.90. The van der Waals surface area contributed by atoms with Crippen molar-refractivity contribution in [2.24, 2.45) is 5.92 Å². The maximum Gasteiger partial charge on any atom is 0.222 e. The van der Waals surface area contributed by atoms with E-state index in [0.29, 0.717) is 13.1 Å². The van der Waals surface area contributed by atoms with Crippen LogP contribution in [0.25, 0.3) is 11.0 Å². The van der Waals surface area contributed by atoms with Gasteiger partial charge in [0.1, 0.15) is 5.82 Å². The number of carbonyl (C=O) groups is 1. The minimum Gasteiger partial charge on any atom is -0.369 e. The highest BCUT2D eigenvalue weighted by Crippen LogP contribution is 2.24. The molecule has 0 spiro atoms. The van der Waals surface area contributed by atoms with Crippen LogP contribution in [0.2, 0.25) is 0 Å². The van der Waals surface area contributed by atoms with Crippen molar-refractivity contribution < 1.29 is 4.79 Å². The van der Waals surface area contributed by atoms with Crippen LogP contribution in [0.4, 0.5) is 5.82 Å². The van der Waals surface area contributed by atoms with E-state index in [1.165, 1.54) is 0 Å². The Balaban J connectivity index is 2.21. The SMILES string of the molecule is CCCNc1nc(SCCC)nc2c1cnn2CCNC(=O)C(C)C. The summed E-state index contributed by atoms with van der Waals surface area (Å²) in [5.41, 5.74) is 0.811. The Labute approximate surface area is 153 Å². The van der Waals surface area contributed by atoms with Gasteiger partial charge in [-0.25, -0.2) is 14.6 Å². The molecule has 7 nitrogen and oxygen atoms in total. The molecule has 0 saturated carbocycles. The summed E-state index contributed by atoms with van der Waals surface area (Å²) in [7, 11) is 0. The van der Waals surface area contributed by atoms with E-state index in [4.69, 9.17) is 0 Å². The maximum atomic E-state index is 11.7. The van der Waals surface area contributed by atoms with E-state index in [0.717, 1.165) is 47.1 Å². The van der Waals surface area contributed by atoms with Gasteiger partial charge < -0.3 is 10.6 Å². The largest absolute Gasteiger partial charge is 0.369 e. The Morgan fingerprint density at radius 2 is 2.04 bits per heavy atom. The number of anilines is 1. The zero-order valence-electron chi connectivity index (χ0n) is 15.5. The molecule has 138 valence electrons. The summed E-state index contributed by atoms with van der Waals surface area (Å²) in [5.74, 6) is 1.86. The van der Waals surface area contributed by atoms with Crippen molar-refractivity contribution in [1.82, 2.24) is 25.1 Å². The first-order valence-electron chi connectivity index (χ1n) is 8.94. The average molecular weight is 365 g/mol. The van der Waals surface area contributed by atoms with Crippen LogP contribution in [0.5, 0.6) is 0 Å². The first-order chi connectivity index (χ1) is 12.1. The highest BCUT2D eigenvalue weighted by Gasteiger charge is 2.13. The van der Waals surface area contributed by atoms with Crippen molar-refractivity contribution >= 4 is 34.5 Å². The van der Waals surface area contributed by atoms with E-state index in [9.17, 15) is 4.79 Å². The standard InChI is InChI=1S/C17H28N6OS/c1-5-7-18-14-13-11-20-23(9-8-19-16(24)12(3)4)15(13)22-17(21-14)25-10-6-2/h11-12H,5-10H2,1-4H3,(H,19,24)(H,18,21,22). The number of aromatic nitrogens is 4. The van der Waals surface area contributed by atoms with Crippen LogP contribution in [0.3, 0.4) is 0 Å². The van der Waals surface area contributed by atoms with Crippen LogP contribution >= 0.6 is 11.8 Å². The van der Waals surface area contributed by atoms with Crippen LogP contribution in [0, 0.1) is 5.92 Å². The number of nitrogens with one attached hydrogen (secondary N) is 2. The van der Waals surface area contributed by atoms with Gasteiger partial charge in [0.05, 0.1) is 18.1 Å². The maximum absolute atomic E-state index is 11.7. The van der Waals surface area contributed by atoms with Gasteiger partial charge in [0.25, 0.3) is 0 Å². The summed E-state index contributed by atoms with van der Waals surface area (Å²) in [5, 5.41) is 12.4. The third-order valence-corrected chi connectivity index (χ3v) is 4.65. The molecule has 1 amide bonds. The highest BCUT2D eigenvalue weighted by molar-refractivity contribution is 7.99. The fourth-order valence-corrected chi connectivity index (χ4v) is 2.92. The second-order valence-corrected chi connectivity index (χ2v) is 7.24. The van der Waals surface area contributed by atoms with Crippen LogP contribution in [-0.4, -0.2) is 44.5 Å². The Morgan fingerprint density at radius 3 is 2.72 bits per heavy atom. The molecule has 0 fully saturated rings. The molecule has 25 heavy (non-hydrogen) atoms.